The van der Waals surface area contributed by atoms with Gasteiger partial charge in [0.1, 0.15) is 0 Å². The topological polar surface area (TPSA) is 0 Å². The first kappa shape index (κ1) is 14.6. The number of benzene rings is 3. The summed E-state index contributed by atoms with van der Waals surface area (Å²) in [6, 6.07) is 28.2. The average Bonchev–Trinajstić information content (AvgIpc) is 2.56. The molecule has 0 amide bonds. The summed E-state index contributed by atoms with van der Waals surface area (Å²) in [6.45, 7) is 4.53. The number of rotatable bonds is 4. The highest BCUT2D eigenvalue weighted by molar-refractivity contribution is 5.71. The molecule has 0 saturated heterocycles. The van der Waals surface area contributed by atoms with E-state index in [1.54, 1.807) is 0 Å². The molecule has 0 aliphatic carbocycles. The molecule has 22 heavy (non-hydrogen) atoms. The van der Waals surface area contributed by atoms with Crippen LogP contribution in [0.1, 0.15) is 36.5 Å². The highest BCUT2D eigenvalue weighted by Gasteiger charge is 2.11. The molecule has 0 bridgehead atoms. The Hall–Kier alpha value is -2.34. The summed E-state index contributed by atoms with van der Waals surface area (Å²) in [6.07, 6.45) is 0.976. The second kappa shape index (κ2) is 6.62. The number of hydrogen-bond acceptors (Lipinski definition) is 0. The second-order valence-corrected chi connectivity index (χ2v) is 6.06. The van der Waals surface area contributed by atoms with Crippen LogP contribution in [0.3, 0.4) is 0 Å². The molecule has 0 unspecified atom stereocenters. The third-order valence-corrected chi connectivity index (χ3v) is 4.13. The van der Waals surface area contributed by atoms with Crippen molar-refractivity contribution < 1.29 is 0 Å². The molecule has 0 aliphatic heterocycles. The van der Waals surface area contributed by atoms with Gasteiger partial charge in [0, 0.05) is 0 Å². The lowest BCUT2D eigenvalue weighted by Gasteiger charge is -2.16. The summed E-state index contributed by atoms with van der Waals surface area (Å²) >= 11 is 0. The Morgan fingerprint density at radius 1 is 0.636 bits per heavy atom. The van der Waals surface area contributed by atoms with Gasteiger partial charge < -0.3 is 0 Å². The standard InChI is InChI=1S/C22H22/c1-17(2)20-13-8-9-15-22(20)21-14-7-6-12-19(21)16-18-10-4-3-5-11-18/h3-15,17H,16H2,1-2H3. The lowest BCUT2D eigenvalue weighted by molar-refractivity contribution is 0.868. The van der Waals surface area contributed by atoms with Crippen molar-refractivity contribution in [3.05, 3.63) is 95.6 Å². The van der Waals surface area contributed by atoms with Crippen LogP contribution in [0, 0.1) is 0 Å². The fraction of sp³-hybridized carbons (Fsp3) is 0.182. The monoisotopic (exact) mass is 286 g/mol. The van der Waals surface area contributed by atoms with Gasteiger partial charge in [0.25, 0.3) is 0 Å². The van der Waals surface area contributed by atoms with Gasteiger partial charge in [-0.25, -0.2) is 0 Å². The van der Waals surface area contributed by atoms with E-state index in [0.29, 0.717) is 5.92 Å². The molecule has 0 aromatic heterocycles. The maximum absolute atomic E-state index is 2.26. The largest absolute Gasteiger partial charge is 0.0622 e. The maximum atomic E-state index is 2.26. The van der Waals surface area contributed by atoms with Crippen molar-refractivity contribution in [1.82, 2.24) is 0 Å². The predicted molar refractivity (Wildman–Crippen MR) is 95.2 cm³/mol. The third-order valence-electron chi connectivity index (χ3n) is 4.13. The summed E-state index contributed by atoms with van der Waals surface area (Å²) < 4.78 is 0. The van der Waals surface area contributed by atoms with E-state index < -0.39 is 0 Å². The molecule has 0 spiro atoms. The van der Waals surface area contributed by atoms with Crippen molar-refractivity contribution in [2.24, 2.45) is 0 Å². The molecule has 0 heteroatoms. The highest BCUT2D eigenvalue weighted by atomic mass is 14.2. The Kier molecular flexibility index (Phi) is 4.39. The summed E-state index contributed by atoms with van der Waals surface area (Å²) in [5.74, 6) is 0.529. The van der Waals surface area contributed by atoms with Gasteiger partial charge in [0.2, 0.25) is 0 Å². The van der Waals surface area contributed by atoms with E-state index in [-0.39, 0.29) is 0 Å². The Morgan fingerprint density at radius 3 is 1.95 bits per heavy atom. The summed E-state index contributed by atoms with van der Waals surface area (Å²) in [4.78, 5) is 0. The van der Waals surface area contributed by atoms with Crippen molar-refractivity contribution in [3.63, 3.8) is 0 Å². The van der Waals surface area contributed by atoms with Gasteiger partial charge in [-0.05, 0) is 40.2 Å². The smallest absolute Gasteiger partial charge is 0.00196 e. The highest BCUT2D eigenvalue weighted by Crippen LogP contribution is 2.32. The Morgan fingerprint density at radius 2 is 1.23 bits per heavy atom. The third kappa shape index (κ3) is 3.12. The maximum Gasteiger partial charge on any atom is -0.00196 e. The molecule has 3 aromatic rings. The first-order valence-electron chi connectivity index (χ1n) is 7.97. The molecule has 0 aliphatic rings. The molecule has 0 radical (unpaired) electrons. The van der Waals surface area contributed by atoms with Crippen LogP contribution in [-0.2, 0) is 6.42 Å². The molecular formula is C22H22. The lowest BCUT2D eigenvalue weighted by Crippen LogP contribution is -1.96. The Bertz CT molecular complexity index is 739. The van der Waals surface area contributed by atoms with E-state index in [2.05, 4.69) is 92.7 Å². The molecule has 0 heterocycles. The van der Waals surface area contributed by atoms with Gasteiger partial charge in [-0.1, -0.05) is 92.7 Å². The van der Waals surface area contributed by atoms with Crippen molar-refractivity contribution in [2.45, 2.75) is 26.2 Å². The van der Waals surface area contributed by atoms with Crippen molar-refractivity contribution in [1.29, 1.82) is 0 Å². The van der Waals surface area contributed by atoms with Crippen molar-refractivity contribution in [2.75, 3.05) is 0 Å². The quantitative estimate of drug-likeness (QED) is 0.546. The van der Waals surface area contributed by atoms with E-state index in [1.165, 1.54) is 27.8 Å². The van der Waals surface area contributed by atoms with E-state index in [4.69, 9.17) is 0 Å². The van der Waals surface area contributed by atoms with Gasteiger partial charge in [0.15, 0.2) is 0 Å². The van der Waals surface area contributed by atoms with Gasteiger partial charge in [0.05, 0.1) is 0 Å². The molecule has 0 atom stereocenters. The van der Waals surface area contributed by atoms with Crippen LogP contribution in [0.2, 0.25) is 0 Å². The zero-order valence-electron chi connectivity index (χ0n) is 13.3. The molecule has 0 N–H and O–H groups in total. The van der Waals surface area contributed by atoms with Crippen LogP contribution in [0.25, 0.3) is 11.1 Å². The normalized spacial score (nSPS) is 10.9. The minimum Gasteiger partial charge on any atom is -0.0622 e. The predicted octanol–water partition coefficient (Wildman–Crippen LogP) is 6.07. The first-order valence-corrected chi connectivity index (χ1v) is 7.97. The van der Waals surface area contributed by atoms with Crippen molar-refractivity contribution in [3.8, 4) is 11.1 Å². The van der Waals surface area contributed by atoms with Crippen LogP contribution in [0.5, 0.6) is 0 Å². The summed E-state index contributed by atoms with van der Waals surface area (Å²) in [7, 11) is 0. The zero-order chi connectivity index (χ0) is 15.4. The van der Waals surface area contributed by atoms with Crippen LogP contribution in [0.15, 0.2) is 78.9 Å². The summed E-state index contributed by atoms with van der Waals surface area (Å²) in [5.41, 5.74) is 6.89. The minimum atomic E-state index is 0.529. The summed E-state index contributed by atoms with van der Waals surface area (Å²) in [5, 5.41) is 0. The molecular weight excluding hydrogens is 264 g/mol. The average molecular weight is 286 g/mol. The minimum absolute atomic E-state index is 0.529. The fourth-order valence-corrected chi connectivity index (χ4v) is 3.00. The molecule has 3 aromatic carbocycles. The Balaban J connectivity index is 2.06. The Labute approximate surface area is 133 Å². The van der Waals surface area contributed by atoms with E-state index in [9.17, 15) is 0 Å². The van der Waals surface area contributed by atoms with E-state index in [1.807, 2.05) is 0 Å². The van der Waals surface area contributed by atoms with Crippen molar-refractivity contribution >= 4 is 0 Å². The van der Waals surface area contributed by atoms with Gasteiger partial charge >= 0.3 is 0 Å². The van der Waals surface area contributed by atoms with E-state index in [0.717, 1.165) is 6.42 Å². The van der Waals surface area contributed by atoms with Crippen LogP contribution < -0.4 is 0 Å². The van der Waals surface area contributed by atoms with Crippen LogP contribution in [0.4, 0.5) is 0 Å². The van der Waals surface area contributed by atoms with Gasteiger partial charge in [-0.3, -0.25) is 0 Å². The zero-order valence-corrected chi connectivity index (χ0v) is 13.3. The lowest BCUT2D eigenvalue weighted by atomic mass is 9.88. The van der Waals surface area contributed by atoms with E-state index >= 15 is 0 Å². The molecule has 3 rings (SSSR count). The second-order valence-electron chi connectivity index (χ2n) is 6.06. The van der Waals surface area contributed by atoms with Crippen LogP contribution >= 0.6 is 0 Å². The molecule has 0 saturated carbocycles. The SMILES string of the molecule is CC(C)c1ccccc1-c1ccccc1Cc1ccccc1. The molecule has 0 fully saturated rings. The first-order chi connectivity index (χ1) is 10.8. The van der Waals surface area contributed by atoms with Gasteiger partial charge in [-0.2, -0.15) is 0 Å². The van der Waals surface area contributed by atoms with Crippen LogP contribution in [-0.4, -0.2) is 0 Å². The molecule has 110 valence electrons. The molecule has 0 nitrogen and oxygen atoms in total. The van der Waals surface area contributed by atoms with Gasteiger partial charge in [-0.15, -0.1) is 0 Å². The fourth-order valence-electron chi connectivity index (χ4n) is 3.00. The number of hydrogen-bond donors (Lipinski definition) is 0.